The van der Waals surface area contributed by atoms with Crippen LogP contribution in [0.15, 0.2) is 40.3 Å². The maximum atomic E-state index is 12.7. The molecule has 1 aliphatic rings. The third-order valence-corrected chi connectivity index (χ3v) is 6.11. The van der Waals surface area contributed by atoms with E-state index in [1.165, 1.54) is 22.4 Å². The average Bonchev–Trinajstić information content (AvgIpc) is 2.59. The fraction of sp³-hybridized carbons (Fsp3) is 0.421. The number of rotatable bonds is 4. The van der Waals surface area contributed by atoms with Crippen molar-refractivity contribution in [2.75, 3.05) is 22.0 Å². The van der Waals surface area contributed by atoms with Crippen molar-refractivity contribution in [2.45, 2.75) is 37.9 Å². The lowest BCUT2D eigenvalue weighted by molar-refractivity contribution is -0.119. The highest BCUT2D eigenvalue weighted by Crippen LogP contribution is 2.28. The van der Waals surface area contributed by atoms with Gasteiger partial charge in [-0.05, 0) is 18.2 Å². The van der Waals surface area contributed by atoms with Gasteiger partial charge in [-0.3, -0.25) is 18.9 Å². The minimum Gasteiger partial charge on any atom is -0.326 e. The number of benzene rings is 1. The molecule has 156 valence electrons. The third kappa shape index (κ3) is 5.39. The lowest BCUT2D eigenvalue weighted by Crippen LogP contribution is -2.37. The first-order valence-electron chi connectivity index (χ1n) is 9.06. The van der Waals surface area contributed by atoms with Gasteiger partial charge in [-0.25, -0.2) is 13.4 Å². The van der Waals surface area contributed by atoms with E-state index in [2.05, 4.69) is 15.0 Å². The summed E-state index contributed by atoms with van der Waals surface area (Å²) in [6, 6.07) is 8.01. The quantitative estimate of drug-likeness (QED) is 0.712. The molecule has 3 rings (SSSR count). The molecule has 1 aromatic heterocycles. The summed E-state index contributed by atoms with van der Waals surface area (Å²) >= 11 is 1.39. The van der Waals surface area contributed by atoms with Crippen LogP contribution in [0.25, 0.3) is 0 Å². The summed E-state index contributed by atoms with van der Waals surface area (Å²) in [7, 11) is -3.41. The van der Waals surface area contributed by atoms with Crippen molar-refractivity contribution in [3.8, 4) is 0 Å². The van der Waals surface area contributed by atoms with Gasteiger partial charge in [0.15, 0.2) is 5.16 Å². The van der Waals surface area contributed by atoms with E-state index in [9.17, 15) is 18.0 Å². The second kappa shape index (κ2) is 7.83. The molecule has 1 aromatic carbocycles. The summed E-state index contributed by atoms with van der Waals surface area (Å²) in [4.78, 5) is 29.9. The third-order valence-electron chi connectivity index (χ3n) is 4.36. The second-order valence-electron chi connectivity index (χ2n) is 8.08. The van der Waals surface area contributed by atoms with E-state index < -0.39 is 15.9 Å². The summed E-state index contributed by atoms with van der Waals surface area (Å²) in [6.07, 6.45) is 1.06. The lowest BCUT2D eigenvalue weighted by Gasteiger charge is -2.26. The number of anilines is 2. The Morgan fingerprint density at radius 3 is 2.59 bits per heavy atom. The fourth-order valence-corrected chi connectivity index (χ4v) is 4.52. The minimum atomic E-state index is -3.41. The Kier molecular flexibility index (Phi) is 5.77. The van der Waals surface area contributed by atoms with Crippen LogP contribution in [0.5, 0.6) is 0 Å². The molecule has 0 radical (unpaired) electrons. The largest absolute Gasteiger partial charge is 0.326 e. The number of carbonyl (C=O) groups is 1. The molecule has 10 heteroatoms. The predicted molar refractivity (Wildman–Crippen MR) is 115 cm³/mol. The zero-order valence-corrected chi connectivity index (χ0v) is 18.4. The number of nitrogens with zero attached hydrogens (tertiary/aromatic N) is 2. The molecular weight excluding hydrogens is 412 g/mol. The first-order chi connectivity index (χ1) is 13.4. The SMILES string of the molecule is CC(C)(C)c1cc(=O)n2c(n1)SC[C@@H](C(=O)Nc1cccc(NS(C)(=O)=O)c1)C2. The number of sulfonamides is 1. The Labute approximate surface area is 174 Å². The van der Waals surface area contributed by atoms with E-state index in [-0.39, 0.29) is 23.4 Å². The smallest absolute Gasteiger partial charge is 0.254 e. The van der Waals surface area contributed by atoms with Gasteiger partial charge in [0.2, 0.25) is 15.9 Å². The van der Waals surface area contributed by atoms with Gasteiger partial charge < -0.3 is 5.32 Å². The van der Waals surface area contributed by atoms with E-state index in [1.807, 2.05) is 20.8 Å². The molecule has 2 aromatic rings. The summed E-state index contributed by atoms with van der Waals surface area (Å²) in [5.74, 6) is -0.127. The Balaban J connectivity index is 1.75. The highest BCUT2D eigenvalue weighted by molar-refractivity contribution is 7.99. The summed E-state index contributed by atoms with van der Waals surface area (Å²) in [5.41, 5.74) is 1.19. The highest BCUT2D eigenvalue weighted by atomic mass is 32.2. The predicted octanol–water partition coefficient (Wildman–Crippen LogP) is 2.27. The Hall–Kier alpha value is -2.33. The number of amides is 1. The van der Waals surface area contributed by atoms with E-state index >= 15 is 0 Å². The van der Waals surface area contributed by atoms with Crippen molar-refractivity contribution in [3.63, 3.8) is 0 Å². The zero-order valence-electron chi connectivity index (χ0n) is 16.7. The number of fused-ring (bicyclic) bond motifs is 1. The Morgan fingerprint density at radius 1 is 1.24 bits per heavy atom. The van der Waals surface area contributed by atoms with Crippen molar-refractivity contribution in [2.24, 2.45) is 5.92 Å². The number of aromatic nitrogens is 2. The van der Waals surface area contributed by atoms with Crippen molar-refractivity contribution in [1.82, 2.24) is 9.55 Å². The van der Waals surface area contributed by atoms with E-state index in [1.54, 1.807) is 24.3 Å². The van der Waals surface area contributed by atoms with E-state index in [4.69, 9.17) is 0 Å². The molecule has 1 amide bonds. The van der Waals surface area contributed by atoms with Gasteiger partial charge in [0.25, 0.3) is 5.56 Å². The van der Waals surface area contributed by atoms with Gasteiger partial charge in [-0.15, -0.1) is 0 Å². The molecule has 0 spiro atoms. The van der Waals surface area contributed by atoms with Gasteiger partial charge in [-0.2, -0.15) is 0 Å². The Bertz CT molecular complexity index is 1100. The molecule has 0 bridgehead atoms. The molecule has 8 nitrogen and oxygen atoms in total. The standard InChI is InChI=1S/C19H24N4O4S2/c1-19(2,3)15-9-16(24)23-10-12(11-28-18(23)21-15)17(25)20-13-6-5-7-14(8-13)22-29(4,26)27/h5-9,12,22H,10-11H2,1-4H3,(H,20,25)/t12-/m0/s1. The Morgan fingerprint density at radius 2 is 1.93 bits per heavy atom. The number of nitrogens with one attached hydrogen (secondary N) is 2. The summed E-state index contributed by atoms with van der Waals surface area (Å²) < 4.78 is 26.7. The van der Waals surface area contributed by atoms with Gasteiger partial charge in [0.05, 0.1) is 23.6 Å². The van der Waals surface area contributed by atoms with Crippen molar-refractivity contribution in [1.29, 1.82) is 0 Å². The normalized spacial score (nSPS) is 16.8. The van der Waals surface area contributed by atoms with E-state index in [0.717, 1.165) is 11.9 Å². The molecule has 0 fully saturated rings. The molecule has 0 aliphatic carbocycles. The van der Waals surface area contributed by atoms with Gasteiger partial charge in [-0.1, -0.05) is 38.6 Å². The maximum absolute atomic E-state index is 12.7. The van der Waals surface area contributed by atoms with Crippen LogP contribution >= 0.6 is 11.8 Å². The molecule has 2 heterocycles. The van der Waals surface area contributed by atoms with Crippen LogP contribution in [0.4, 0.5) is 11.4 Å². The molecule has 2 N–H and O–H groups in total. The number of carbonyl (C=O) groups excluding carboxylic acids is 1. The highest BCUT2D eigenvalue weighted by Gasteiger charge is 2.28. The zero-order chi connectivity index (χ0) is 21.4. The van der Waals surface area contributed by atoms with Crippen LogP contribution in [0.1, 0.15) is 26.5 Å². The number of hydrogen-bond donors (Lipinski definition) is 2. The minimum absolute atomic E-state index is 0.163. The topological polar surface area (TPSA) is 110 Å². The fourth-order valence-electron chi connectivity index (χ4n) is 2.87. The molecule has 1 aliphatic heterocycles. The first kappa shape index (κ1) is 21.4. The maximum Gasteiger partial charge on any atom is 0.254 e. The monoisotopic (exact) mass is 436 g/mol. The number of hydrogen-bond acceptors (Lipinski definition) is 6. The lowest BCUT2D eigenvalue weighted by atomic mass is 9.92. The van der Waals surface area contributed by atoms with Gasteiger partial charge >= 0.3 is 0 Å². The second-order valence-corrected chi connectivity index (χ2v) is 10.8. The van der Waals surface area contributed by atoms with Crippen LogP contribution in [-0.2, 0) is 26.8 Å². The average molecular weight is 437 g/mol. The molecule has 0 unspecified atom stereocenters. The van der Waals surface area contributed by atoms with Crippen molar-refractivity contribution < 1.29 is 13.2 Å². The van der Waals surface area contributed by atoms with Crippen molar-refractivity contribution >= 4 is 39.1 Å². The molecule has 29 heavy (non-hydrogen) atoms. The van der Waals surface area contributed by atoms with Crippen LogP contribution < -0.4 is 15.6 Å². The molecule has 1 atom stereocenters. The van der Waals surface area contributed by atoms with Crippen LogP contribution in [-0.4, -0.2) is 35.9 Å². The molecular formula is C19H24N4O4S2. The molecule has 0 saturated heterocycles. The van der Waals surface area contributed by atoms with E-state index in [0.29, 0.717) is 22.3 Å². The van der Waals surface area contributed by atoms with Crippen LogP contribution in [0.2, 0.25) is 0 Å². The van der Waals surface area contributed by atoms with Crippen LogP contribution in [0.3, 0.4) is 0 Å². The van der Waals surface area contributed by atoms with Gasteiger partial charge in [0.1, 0.15) is 0 Å². The van der Waals surface area contributed by atoms with Gasteiger partial charge in [0, 0.05) is 29.5 Å². The van der Waals surface area contributed by atoms with Crippen molar-refractivity contribution in [3.05, 3.63) is 46.4 Å². The summed E-state index contributed by atoms with van der Waals surface area (Å²) in [5, 5.41) is 3.43. The number of thioether (sulfide) groups is 1. The first-order valence-corrected chi connectivity index (χ1v) is 11.9. The summed E-state index contributed by atoms with van der Waals surface area (Å²) in [6.45, 7) is 6.26. The molecule has 0 saturated carbocycles. The van der Waals surface area contributed by atoms with Crippen LogP contribution in [0, 0.1) is 5.92 Å².